The lowest BCUT2D eigenvalue weighted by atomic mass is 10.2. The first-order chi connectivity index (χ1) is 10.1. The molecule has 1 aromatic heterocycles. The fourth-order valence-electron chi connectivity index (χ4n) is 1.65. The molecular formula is C14H14N2O4S. The summed E-state index contributed by atoms with van der Waals surface area (Å²) in [6.45, 7) is 1.75. The number of carbonyl (C=O) groups is 1. The lowest BCUT2D eigenvalue weighted by Crippen LogP contribution is -2.23. The summed E-state index contributed by atoms with van der Waals surface area (Å²) in [4.78, 5) is 22.4. The number of thioether (sulfide) groups is 1. The van der Waals surface area contributed by atoms with Gasteiger partial charge < -0.3 is 9.73 Å². The first kappa shape index (κ1) is 15.1. The predicted octanol–water partition coefficient (Wildman–Crippen LogP) is 3.45. The van der Waals surface area contributed by atoms with Gasteiger partial charge in [0.15, 0.2) is 0 Å². The van der Waals surface area contributed by atoms with Gasteiger partial charge in [0.2, 0.25) is 5.91 Å². The molecule has 0 saturated carbocycles. The monoisotopic (exact) mass is 306 g/mol. The van der Waals surface area contributed by atoms with Gasteiger partial charge in [-0.25, -0.2) is 0 Å². The van der Waals surface area contributed by atoms with E-state index in [2.05, 4.69) is 5.32 Å². The number of nitrogens with one attached hydrogen (secondary N) is 1. The van der Waals surface area contributed by atoms with Crippen molar-refractivity contribution in [2.24, 2.45) is 0 Å². The van der Waals surface area contributed by atoms with E-state index in [-0.39, 0.29) is 22.5 Å². The summed E-state index contributed by atoms with van der Waals surface area (Å²) >= 11 is 1.40. The number of carbonyl (C=O) groups excluding carboxylic acids is 1. The van der Waals surface area contributed by atoms with Gasteiger partial charge in [0.05, 0.1) is 22.2 Å². The zero-order chi connectivity index (χ0) is 15.2. The summed E-state index contributed by atoms with van der Waals surface area (Å²) in [5.41, 5.74) is 0.0898. The Hall–Kier alpha value is -2.28. The van der Waals surface area contributed by atoms with E-state index < -0.39 is 4.92 Å². The average Bonchev–Trinajstić information content (AvgIpc) is 2.98. The van der Waals surface area contributed by atoms with Crippen molar-refractivity contribution in [3.63, 3.8) is 0 Å². The molecule has 0 aliphatic rings. The molecule has 2 aromatic rings. The highest BCUT2D eigenvalue weighted by Crippen LogP contribution is 2.25. The van der Waals surface area contributed by atoms with Crippen LogP contribution in [0.25, 0.3) is 0 Å². The van der Waals surface area contributed by atoms with Crippen molar-refractivity contribution in [1.82, 2.24) is 0 Å². The van der Waals surface area contributed by atoms with Crippen molar-refractivity contribution < 1.29 is 14.1 Å². The molecule has 7 heteroatoms. The summed E-state index contributed by atoms with van der Waals surface area (Å²) in [7, 11) is 0. The topological polar surface area (TPSA) is 85.4 Å². The Balaban J connectivity index is 1.96. The maximum atomic E-state index is 12.1. The van der Waals surface area contributed by atoms with Gasteiger partial charge in [0.25, 0.3) is 5.69 Å². The van der Waals surface area contributed by atoms with Gasteiger partial charge in [0.1, 0.15) is 11.4 Å². The Labute approximate surface area is 125 Å². The Morgan fingerprint density at radius 1 is 1.38 bits per heavy atom. The molecule has 0 bridgehead atoms. The van der Waals surface area contributed by atoms with E-state index in [4.69, 9.17) is 4.42 Å². The Bertz CT molecular complexity index is 628. The van der Waals surface area contributed by atoms with E-state index in [9.17, 15) is 14.9 Å². The van der Waals surface area contributed by atoms with Gasteiger partial charge in [-0.05, 0) is 25.1 Å². The fourth-order valence-corrected chi connectivity index (χ4v) is 2.44. The van der Waals surface area contributed by atoms with Crippen LogP contribution in [0, 0.1) is 10.1 Å². The summed E-state index contributed by atoms with van der Waals surface area (Å²) in [6, 6.07) is 9.69. The van der Waals surface area contributed by atoms with Crippen LogP contribution in [-0.4, -0.2) is 16.1 Å². The molecule has 1 amide bonds. The fraction of sp³-hybridized carbons (Fsp3) is 0.214. The zero-order valence-electron chi connectivity index (χ0n) is 11.3. The molecule has 6 nitrogen and oxygen atoms in total. The minimum absolute atomic E-state index is 0.117. The van der Waals surface area contributed by atoms with Gasteiger partial charge >= 0.3 is 0 Å². The lowest BCUT2D eigenvalue weighted by Gasteiger charge is -2.11. The first-order valence-electron chi connectivity index (χ1n) is 6.26. The van der Waals surface area contributed by atoms with Crippen LogP contribution in [0.5, 0.6) is 0 Å². The number of amides is 1. The maximum absolute atomic E-state index is 12.1. The molecule has 1 heterocycles. The molecular weight excluding hydrogens is 292 g/mol. The molecule has 0 aliphatic carbocycles. The minimum atomic E-state index is -0.518. The summed E-state index contributed by atoms with van der Waals surface area (Å²) < 4.78 is 5.19. The standard InChI is InChI=1S/C14H14N2O4S/c1-10(21-9-11-5-4-8-20-11)14(17)15-12-6-2-3-7-13(12)16(18)19/h2-8,10H,9H2,1H3,(H,15,17). The number of nitro benzene ring substituents is 1. The summed E-state index contributed by atoms with van der Waals surface area (Å²) in [6.07, 6.45) is 1.58. The number of benzene rings is 1. The summed E-state index contributed by atoms with van der Waals surface area (Å²) in [5.74, 6) is 1.07. The van der Waals surface area contributed by atoms with E-state index in [0.717, 1.165) is 5.76 Å². The van der Waals surface area contributed by atoms with Crippen LogP contribution in [-0.2, 0) is 10.5 Å². The molecule has 0 saturated heterocycles. The second kappa shape index (κ2) is 6.94. The second-order valence-corrected chi connectivity index (χ2v) is 5.63. The highest BCUT2D eigenvalue weighted by molar-refractivity contribution is 7.99. The molecule has 0 radical (unpaired) electrons. The van der Waals surface area contributed by atoms with Gasteiger partial charge in [-0.3, -0.25) is 14.9 Å². The third kappa shape index (κ3) is 4.09. The van der Waals surface area contributed by atoms with Crippen molar-refractivity contribution in [1.29, 1.82) is 0 Å². The number of hydrogen-bond donors (Lipinski definition) is 1. The van der Waals surface area contributed by atoms with Crippen LogP contribution in [0.4, 0.5) is 11.4 Å². The van der Waals surface area contributed by atoms with Gasteiger partial charge in [-0.1, -0.05) is 12.1 Å². The van der Waals surface area contributed by atoms with Crippen molar-refractivity contribution >= 4 is 29.0 Å². The first-order valence-corrected chi connectivity index (χ1v) is 7.31. The molecule has 21 heavy (non-hydrogen) atoms. The molecule has 0 aliphatic heterocycles. The maximum Gasteiger partial charge on any atom is 0.292 e. The van der Waals surface area contributed by atoms with Crippen LogP contribution in [0.1, 0.15) is 12.7 Å². The SMILES string of the molecule is CC(SCc1ccco1)C(=O)Nc1ccccc1[N+](=O)[O-]. The van der Waals surface area contributed by atoms with Gasteiger partial charge in [-0.15, -0.1) is 11.8 Å². The number of para-hydroxylation sites is 2. The number of anilines is 1. The second-order valence-electron chi connectivity index (χ2n) is 4.30. The van der Waals surface area contributed by atoms with E-state index in [1.807, 2.05) is 6.07 Å². The van der Waals surface area contributed by atoms with E-state index in [1.54, 1.807) is 31.4 Å². The molecule has 1 N–H and O–H groups in total. The normalized spacial score (nSPS) is 11.9. The Kier molecular flexibility index (Phi) is 4.99. The minimum Gasteiger partial charge on any atom is -0.468 e. The number of nitro groups is 1. The summed E-state index contributed by atoms with van der Waals surface area (Å²) in [5, 5.41) is 13.1. The van der Waals surface area contributed by atoms with E-state index >= 15 is 0 Å². The van der Waals surface area contributed by atoms with Crippen LogP contribution in [0.15, 0.2) is 47.1 Å². The average molecular weight is 306 g/mol. The molecule has 1 unspecified atom stereocenters. The molecule has 1 atom stereocenters. The number of nitrogens with zero attached hydrogens (tertiary/aromatic N) is 1. The van der Waals surface area contributed by atoms with Crippen LogP contribution < -0.4 is 5.32 Å². The zero-order valence-corrected chi connectivity index (χ0v) is 12.1. The molecule has 2 rings (SSSR count). The van der Waals surface area contributed by atoms with Crippen LogP contribution >= 0.6 is 11.8 Å². The Morgan fingerprint density at radius 2 is 2.14 bits per heavy atom. The molecule has 1 aromatic carbocycles. The quantitative estimate of drug-likeness (QED) is 0.652. The number of rotatable bonds is 6. The van der Waals surface area contributed by atoms with Crippen molar-refractivity contribution in [3.05, 3.63) is 58.5 Å². The van der Waals surface area contributed by atoms with E-state index in [0.29, 0.717) is 5.75 Å². The Morgan fingerprint density at radius 3 is 2.81 bits per heavy atom. The van der Waals surface area contributed by atoms with Crippen LogP contribution in [0.2, 0.25) is 0 Å². The smallest absolute Gasteiger partial charge is 0.292 e. The third-order valence-electron chi connectivity index (χ3n) is 2.78. The highest BCUT2D eigenvalue weighted by Gasteiger charge is 2.19. The number of furan rings is 1. The van der Waals surface area contributed by atoms with Crippen molar-refractivity contribution in [3.8, 4) is 0 Å². The van der Waals surface area contributed by atoms with E-state index in [1.165, 1.54) is 23.9 Å². The van der Waals surface area contributed by atoms with Crippen molar-refractivity contribution in [2.75, 3.05) is 5.32 Å². The predicted molar refractivity (Wildman–Crippen MR) is 81.2 cm³/mol. The largest absolute Gasteiger partial charge is 0.468 e. The number of hydrogen-bond acceptors (Lipinski definition) is 5. The third-order valence-corrected chi connectivity index (χ3v) is 3.95. The molecule has 0 fully saturated rings. The van der Waals surface area contributed by atoms with Crippen molar-refractivity contribution in [2.45, 2.75) is 17.9 Å². The molecule has 0 spiro atoms. The van der Waals surface area contributed by atoms with Gasteiger partial charge in [-0.2, -0.15) is 0 Å². The van der Waals surface area contributed by atoms with Gasteiger partial charge in [0, 0.05) is 6.07 Å². The lowest BCUT2D eigenvalue weighted by molar-refractivity contribution is -0.383. The van der Waals surface area contributed by atoms with Crippen LogP contribution in [0.3, 0.4) is 0 Å². The molecule has 110 valence electrons. The highest BCUT2D eigenvalue weighted by atomic mass is 32.2.